The molecule has 1 aromatic heterocycles. The van der Waals surface area contributed by atoms with Crippen molar-refractivity contribution in [3.63, 3.8) is 0 Å². The Labute approximate surface area is 113 Å². The minimum absolute atomic E-state index is 0.204. The maximum Gasteiger partial charge on any atom is 0.271 e. The Morgan fingerprint density at radius 2 is 2.41 bits per heavy atom. The second-order valence-corrected chi connectivity index (χ2v) is 5.67. The van der Waals surface area contributed by atoms with Crippen molar-refractivity contribution in [2.75, 3.05) is 18.6 Å². The summed E-state index contributed by atoms with van der Waals surface area (Å²) in [4.78, 5) is 15.8. The third-order valence-corrected chi connectivity index (χ3v) is 3.61. The maximum absolute atomic E-state index is 11.8. The molecule has 0 aromatic carbocycles. The fourth-order valence-electron chi connectivity index (χ4n) is 1.27. The van der Waals surface area contributed by atoms with Crippen LogP contribution in [-0.2, 0) is 0 Å². The number of amides is 1. The van der Waals surface area contributed by atoms with Crippen molar-refractivity contribution in [1.82, 2.24) is 10.3 Å². The molecule has 0 spiro atoms. The van der Waals surface area contributed by atoms with Crippen molar-refractivity contribution < 1.29 is 9.90 Å². The van der Waals surface area contributed by atoms with Crippen LogP contribution in [-0.4, -0.2) is 40.2 Å². The minimum atomic E-state index is -0.906. The Kier molecular flexibility index (Phi) is 5.42. The van der Waals surface area contributed by atoms with Gasteiger partial charge < -0.3 is 10.4 Å². The van der Waals surface area contributed by atoms with Crippen molar-refractivity contribution in [2.45, 2.75) is 12.5 Å². The van der Waals surface area contributed by atoms with Crippen molar-refractivity contribution in [3.8, 4) is 0 Å². The van der Waals surface area contributed by atoms with Gasteiger partial charge in [-0.2, -0.15) is 11.8 Å². The van der Waals surface area contributed by atoms with Crippen LogP contribution in [0.1, 0.15) is 17.4 Å². The molecule has 6 heteroatoms. The summed E-state index contributed by atoms with van der Waals surface area (Å²) in [5, 5.41) is 12.6. The van der Waals surface area contributed by atoms with E-state index in [2.05, 4.69) is 26.2 Å². The molecule has 94 valence electrons. The second kappa shape index (κ2) is 6.37. The molecule has 4 nitrogen and oxygen atoms in total. The fraction of sp³-hybridized carbons (Fsp3) is 0.455. The predicted molar refractivity (Wildman–Crippen MR) is 73.3 cm³/mol. The van der Waals surface area contributed by atoms with E-state index in [0.29, 0.717) is 15.9 Å². The summed E-state index contributed by atoms with van der Waals surface area (Å²) in [5.41, 5.74) is -0.580. The predicted octanol–water partition coefficient (Wildman–Crippen LogP) is 1.69. The van der Waals surface area contributed by atoms with Crippen LogP contribution in [0.25, 0.3) is 0 Å². The third kappa shape index (κ3) is 4.65. The molecule has 1 rings (SSSR count). The highest BCUT2D eigenvalue weighted by Gasteiger charge is 2.21. The van der Waals surface area contributed by atoms with Gasteiger partial charge in [-0.05, 0) is 41.2 Å². The lowest BCUT2D eigenvalue weighted by atomic mass is 10.1. The highest BCUT2D eigenvalue weighted by atomic mass is 79.9. The van der Waals surface area contributed by atoms with Crippen LogP contribution in [0.5, 0.6) is 0 Å². The van der Waals surface area contributed by atoms with Crippen LogP contribution >= 0.6 is 27.7 Å². The van der Waals surface area contributed by atoms with E-state index in [-0.39, 0.29) is 12.5 Å². The van der Waals surface area contributed by atoms with Crippen LogP contribution in [0.2, 0.25) is 0 Å². The summed E-state index contributed by atoms with van der Waals surface area (Å²) in [5.74, 6) is 0.273. The average Bonchev–Trinajstić information content (AvgIpc) is 2.27. The van der Waals surface area contributed by atoms with Crippen molar-refractivity contribution in [3.05, 3.63) is 28.5 Å². The molecule has 0 saturated carbocycles. The number of carbonyl (C=O) groups is 1. The van der Waals surface area contributed by atoms with Gasteiger partial charge in [-0.3, -0.25) is 4.79 Å². The van der Waals surface area contributed by atoms with E-state index in [9.17, 15) is 9.90 Å². The topological polar surface area (TPSA) is 62.2 Å². The van der Waals surface area contributed by atoms with Crippen molar-refractivity contribution in [2.24, 2.45) is 0 Å². The van der Waals surface area contributed by atoms with Gasteiger partial charge in [0, 0.05) is 23.0 Å². The van der Waals surface area contributed by atoms with Gasteiger partial charge in [0.05, 0.1) is 5.60 Å². The minimum Gasteiger partial charge on any atom is -0.387 e. The number of carbonyl (C=O) groups excluding carboxylic acids is 1. The van der Waals surface area contributed by atoms with Crippen LogP contribution in [0.4, 0.5) is 0 Å². The summed E-state index contributed by atoms with van der Waals surface area (Å²) in [7, 11) is 0. The molecule has 1 amide bonds. The lowest BCUT2D eigenvalue weighted by molar-refractivity contribution is 0.0722. The Morgan fingerprint density at radius 3 is 3.00 bits per heavy atom. The van der Waals surface area contributed by atoms with Crippen LogP contribution in [0, 0.1) is 0 Å². The van der Waals surface area contributed by atoms with Gasteiger partial charge >= 0.3 is 0 Å². The highest BCUT2D eigenvalue weighted by Crippen LogP contribution is 2.14. The van der Waals surface area contributed by atoms with Crippen LogP contribution in [0.15, 0.2) is 22.8 Å². The fourth-order valence-corrected chi connectivity index (χ4v) is 2.43. The summed E-state index contributed by atoms with van der Waals surface area (Å²) < 4.78 is 0.641. The monoisotopic (exact) mass is 318 g/mol. The van der Waals surface area contributed by atoms with Crippen molar-refractivity contribution in [1.29, 1.82) is 0 Å². The first-order chi connectivity index (χ1) is 7.96. The SMILES string of the molecule is CSCC(C)(O)CNC(=O)c1ncccc1Br. The number of nitrogens with one attached hydrogen (secondary N) is 1. The zero-order valence-corrected chi connectivity index (χ0v) is 12.1. The normalized spacial score (nSPS) is 14.1. The number of aromatic nitrogens is 1. The number of thioether (sulfide) groups is 1. The standard InChI is InChI=1S/C11H15BrN2O2S/c1-11(16,7-17-2)6-14-10(15)9-8(12)4-3-5-13-9/h3-5,16H,6-7H2,1-2H3,(H,14,15). The van der Waals surface area contributed by atoms with E-state index in [1.165, 1.54) is 11.8 Å². The quantitative estimate of drug-likeness (QED) is 0.867. The van der Waals surface area contributed by atoms with E-state index in [1.54, 1.807) is 25.3 Å². The van der Waals surface area contributed by atoms with E-state index in [1.807, 2.05) is 6.26 Å². The molecule has 1 aromatic rings. The molecular formula is C11H15BrN2O2S. The lowest BCUT2D eigenvalue weighted by Crippen LogP contribution is -2.42. The molecule has 17 heavy (non-hydrogen) atoms. The Hall–Kier alpha value is -0.590. The van der Waals surface area contributed by atoms with E-state index >= 15 is 0 Å². The average molecular weight is 319 g/mol. The van der Waals surface area contributed by atoms with Gasteiger partial charge in [0.15, 0.2) is 0 Å². The van der Waals surface area contributed by atoms with Gasteiger partial charge in [0.25, 0.3) is 5.91 Å². The first-order valence-electron chi connectivity index (χ1n) is 5.06. The molecule has 0 aliphatic heterocycles. The van der Waals surface area contributed by atoms with E-state index in [0.717, 1.165) is 0 Å². The number of hydrogen-bond donors (Lipinski definition) is 2. The largest absolute Gasteiger partial charge is 0.387 e. The zero-order chi connectivity index (χ0) is 12.9. The van der Waals surface area contributed by atoms with E-state index < -0.39 is 5.60 Å². The van der Waals surface area contributed by atoms with Gasteiger partial charge in [-0.25, -0.2) is 4.98 Å². The highest BCUT2D eigenvalue weighted by molar-refractivity contribution is 9.10. The molecule has 0 saturated heterocycles. The van der Waals surface area contributed by atoms with Gasteiger partial charge in [-0.1, -0.05) is 0 Å². The maximum atomic E-state index is 11.8. The number of halogens is 1. The smallest absolute Gasteiger partial charge is 0.271 e. The van der Waals surface area contributed by atoms with Crippen LogP contribution < -0.4 is 5.32 Å². The number of nitrogens with zero attached hydrogens (tertiary/aromatic N) is 1. The molecule has 0 aliphatic carbocycles. The lowest BCUT2D eigenvalue weighted by Gasteiger charge is -2.22. The number of rotatable bonds is 5. The first-order valence-corrected chi connectivity index (χ1v) is 7.25. The van der Waals surface area contributed by atoms with Gasteiger partial charge in [0.1, 0.15) is 5.69 Å². The molecular weight excluding hydrogens is 304 g/mol. The Balaban J connectivity index is 2.59. The summed E-state index contributed by atoms with van der Waals surface area (Å²) in [6.07, 6.45) is 3.46. The molecule has 0 fully saturated rings. The molecule has 1 unspecified atom stereocenters. The zero-order valence-electron chi connectivity index (χ0n) is 9.74. The Bertz CT molecular complexity index is 399. The number of hydrogen-bond acceptors (Lipinski definition) is 4. The first kappa shape index (κ1) is 14.5. The summed E-state index contributed by atoms with van der Waals surface area (Å²) in [6.45, 7) is 1.90. The van der Waals surface area contributed by atoms with Crippen LogP contribution in [0.3, 0.4) is 0 Å². The Morgan fingerprint density at radius 1 is 1.71 bits per heavy atom. The summed E-state index contributed by atoms with van der Waals surface area (Å²) in [6, 6.07) is 3.49. The van der Waals surface area contributed by atoms with Gasteiger partial charge in [0.2, 0.25) is 0 Å². The molecule has 1 atom stereocenters. The molecule has 0 radical (unpaired) electrons. The van der Waals surface area contributed by atoms with Crippen molar-refractivity contribution >= 4 is 33.6 Å². The number of pyridine rings is 1. The molecule has 0 bridgehead atoms. The van der Waals surface area contributed by atoms with E-state index in [4.69, 9.17) is 0 Å². The molecule has 1 heterocycles. The second-order valence-electron chi connectivity index (χ2n) is 3.95. The summed E-state index contributed by atoms with van der Waals surface area (Å²) >= 11 is 4.79. The van der Waals surface area contributed by atoms with Gasteiger partial charge in [-0.15, -0.1) is 0 Å². The molecule has 0 aliphatic rings. The molecule has 2 N–H and O–H groups in total. The number of aliphatic hydroxyl groups is 1. The third-order valence-electron chi connectivity index (χ3n) is 2.06.